The van der Waals surface area contributed by atoms with Crippen LogP contribution < -0.4 is 0 Å². The molecule has 6 nitrogen and oxygen atoms in total. The number of piperazine rings is 1. The Hall–Kier alpha value is -0.680. The van der Waals surface area contributed by atoms with Gasteiger partial charge in [-0.15, -0.1) is 0 Å². The van der Waals surface area contributed by atoms with Gasteiger partial charge in [0.2, 0.25) is 10.0 Å². The maximum absolute atomic E-state index is 12.4. The van der Waals surface area contributed by atoms with Crippen LogP contribution in [0.1, 0.15) is 32.6 Å². The molecule has 0 aromatic heterocycles. The van der Waals surface area contributed by atoms with Crippen molar-refractivity contribution in [2.45, 2.75) is 44.8 Å². The van der Waals surface area contributed by atoms with Crippen molar-refractivity contribution in [3.05, 3.63) is 0 Å². The summed E-state index contributed by atoms with van der Waals surface area (Å²) in [4.78, 5) is 2.10. The van der Waals surface area contributed by atoms with Gasteiger partial charge in [-0.1, -0.05) is 13.3 Å². The van der Waals surface area contributed by atoms with Gasteiger partial charge in [-0.3, -0.25) is 4.90 Å². The van der Waals surface area contributed by atoms with Crippen molar-refractivity contribution in [1.82, 2.24) is 9.21 Å². The minimum Gasteiger partial charge on any atom is -0.377 e. The Morgan fingerprint density at radius 1 is 1.33 bits per heavy atom. The van der Waals surface area contributed by atoms with Gasteiger partial charge in [0.05, 0.1) is 24.0 Å². The molecule has 0 saturated carbocycles. The first-order chi connectivity index (χ1) is 10.1. The van der Waals surface area contributed by atoms with Crippen molar-refractivity contribution >= 4 is 10.0 Å². The first kappa shape index (κ1) is 16.7. The normalized spacial score (nSPS) is 26.6. The molecule has 2 unspecified atom stereocenters. The Bertz CT molecular complexity index is 460. The number of hydrogen-bond donors (Lipinski definition) is 0. The number of hydrogen-bond acceptors (Lipinski definition) is 5. The summed E-state index contributed by atoms with van der Waals surface area (Å²) in [5.74, 6) is 0.101. The lowest BCUT2D eigenvalue weighted by Gasteiger charge is -2.36. The largest absolute Gasteiger partial charge is 0.377 e. The maximum atomic E-state index is 12.4. The molecule has 2 heterocycles. The quantitative estimate of drug-likeness (QED) is 0.725. The summed E-state index contributed by atoms with van der Waals surface area (Å²) in [6, 6.07) is 2.24. The molecule has 7 heteroatoms. The Kier molecular flexibility index (Phi) is 5.99. The van der Waals surface area contributed by atoms with E-state index in [-0.39, 0.29) is 17.9 Å². The first-order valence-corrected chi connectivity index (χ1v) is 9.41. The van der Waals surface area contributed by atoms with E-state index in [2.05, 4.69) is 17.9 Å². The zero-order chi connectivity index (χ0) is 15.3. The van der Waals surface area contributed by atoms with Crippen molar-refractivity contribution in [3.63, 3.8) is 0 Å². The molecule has 2 atom stereocenters. The number of nitrogens with zero attached hydrogens (tertiary/aromatic N) is 3. The van der Waals surface area contributed by atoms with Crippen LogP contribution in [-0.4, -0.2) is 68.3 Å². The van der Waals surface area contributed by atoms with E-state index in [1.807, 2.05) is 0 Å². The Labute approximate surface area is 127 Å². The van der Waals surface area contributed by atoms with Crippen molar-refractivity contribution in [2.24, 2.45) is 0 Å². The van der Waals surface area contributed by atoms with Gasteiger partial charge >= 0.3 is 0 Å². The molecule has 2 aliphatic rings. The maximum Gasteiger partial charge on any atom is 0.216 e. The lowest BCUT2D eigenvalue weighted by molar-refractivity contribution is 0.123. The number of nitriles is 1. The van der Waals surface area contributed by atoms with Gasteiger partial charge in [0, 0.05) is 32.8 Å². The summed E-state index contributed by atoms with van der Waals surface area (Å²) in [5, 5.41) is 9.18. The zero-order valence-electron chi connectivity index (χ0n) is 12.7. The van der Waals surface area contributed by atoms with Crippen LogP contribution in [0.15, 0.2) is 0 Å². The molecule has 0 aliphatic carbocycles. The van der Waals surface area contributed by atoms with E-state index < -0.39 is 10.0 Å². The molecule has 0 radical (unpaired) electrons. The fourth-order valence-electron chi connectivity index (χ4n) is 3.01. The number of ether oxygens (including phenoxy) is 1. The highest BCUT2D eigenvalue weighted by molar-refractivity contribution is 7.89. The summed E-state index contributed by atoms with van der Waals surface area (Å²) >= 11 is 0. The van der Waals surface area contributed by atoms with Crippen molar-refractivity contribution < 1.29 is 13.2 Å². The molecule has 21 heavy (non-hydrogen) atoms. The second-order valence-corrected chi connectivity index (χ2v) is 7.80. The zero-order valence-corrected chi connectivity index (χ0v) is 13.5. The minimum absolute atomic E-state index is 0.0852. The van der Waals surface area contributed by atoms with Gasteiger partial charge in [-0.05, 0) is 19.3 Å². The average molecular weight is 315 g/mol. The molecule has 0 amide bonds. The smallest absolute Gasteiger partial charge is 0.216 e. The Morgan fingerprint density at radius 2 is 2.05 bits per heavy atom. The second kappa shape index (κ2) is 7.54. The third-order valence-corrected chi connectivity index (χ3v) is 6.18. The molecule has 0 aromatic carbocycles. The topological polar surface area (TPSA) is 73.6 Å². The van der Waals surface area contributed by atoms with E-state index in [1.165, 1.54) is 0 Å². The third kappa shape index (κ3) is 4.39. The van der Waals surface area contributed by atoms with Crippen molar-refractivity contribution in [2.75, 3.05) is 38.5 Å². The molecular weight excluding hydrogens is 290 g/mol. The van der Waals surface area contributed by atoms with Gasteiger partial charge in [0.1, 0.15) is 0 Å². The Balaban J connectivity index is 1.86. The number of rotatable bonds is 6. The molecule has 0 N–H and O–H groups in total. The van der Waals surface area contributed by atoms with Gasteiger partial charge in [0.25, 0.3) is 0 Å². The fraction of sp³-hybridized carbons (Fsp3) is 0.929. The summed E-state index contributed by atoms with van der Waals surface area (Å²) < 4.78 is 31.7. The van der Waals surface area contributed by atoms with E-state index in [4.69, 9.17) is 4.74 Å². The second-order valence-electron chi connectivity index (χ2n) is 5.78. The molecule has 2 rings (SSSR count). The van der Waals surface area contributed by atoms with E-state index in [0.717, 1.165) is 25.7 Å². The predicted molar refractivity (Wildman–Crippen MR) is 80.2 cm³/mol. The Morgan fingerprint density at radius 3 is 2.57 bits per heavy atom. The fourth-order valence-corrected chi connectivity index (χ4v) is 4.67. The van der Waals surface area contributed by atoms with Crippen molar-refractivity contribution in [3.8, 4) is 6.07 Å². The van der Waals surface area contributed by atoms with Crippen LogP contribution in [0.25, 0.3) is 0 Å². The summed E-state index contributed by atoms with van der Waals surface area (Å²) in [5.41, 5.74) is 0. The average Bonchev–Trinajstić information content (AvgIpc) is 2.97. The summed E-state index contributed by atoms with van der Waals surface area (Å²) in [7, 11) is -3.24. The molecule has 2 aliphatic heterocycles. The van der Waals surface area contributed by atoms with Crippen LogP contribution >= 0.6 is 0 Å². The molecular formula is C14H25N3O3S. The minimum atomic E-state index is -3.24. The SMILES string of the molecule is CCCC(C#N)N1CCN(S(=O)(=O)CC2CCCO2)CC1. The van der Waals surface area contributed by atoms with Crippen LogP contribution in [0, 0.1) is 11.3 Å². The van der Waals surface area contributed by atoms with E-state index in [1.54, 1.807) is 4.31 Å². The van der Waals surface area contributed by atoms with Gasteiger partial charge < -0.3 is 4.74 Å². The molecule has 120 valence electrons. The van der Waals surface area contributed by atoms with Gasteiger partial charge in [0.15, 0.2) is 0 Å². The highest BCUT2D eigenvalue weighted by Gasteiger charge is 2.32. The lowest BCUT2D eigenvalue weighted by atomic mass is 10.1. The van der Waals surface area contributed by atoms with Crippen LogP contribution in [0.3, 0.4) is 0 Å². The van der Waals surface area contributed by atoms with E-state index >= 15 is 0 Å². The van der Waals surface area contributed by atoms with Crippen molar-refractivity contribution in [1.29, 1.82) is 5.26 Å². The van der Waals surface area contributed by atoms with Crippen LogP contribution in [0.5, 0.6) is 0 Å². The van der Waals surface area contributed by atoms with Gasteiger partial charge in [-0.25, -0.2) is 8.42 Å². The van der Waals surface area contributed by atoms with Gasteiger partial charge in [-0.2, -0.15) is 9.57 Å². The van der Waals surface area contributed by atoms with E-state index in [9.17, 15) is 13.7 Å². The summed E-state index contributed by atoms with van der Waals surface area (Å²) in [6.07, 6.45) is 3.47. The predicted octanol–water partition coefficient (Wildman–Crippen LogP) is 0.805. The standard InChI is InChI=1S/C14H25N3O3S/c1-2-4-13(11-15)16-6-8-17(9-7-16)21(18,19)12-14-5-3-10-20-14/h13-14H,2-10,12H2,1H3. The monoisotopic (exact) mass is 315 g/mol. The first-order valence-electron chi connectivity index (χ1n) is 7.80. The number of sulfonamides is 1. The van der Waals surface area contributed by atoms with Crippen LogP contribution in [0.2, 0.25) is 0 Å². The van der Waals surface area contributed by atoms with E-state index in [0.29, 0.717) is 32.8 Å². The lowest BCUT2D eigenvalue weighted by Crippen LogP contribution is -2.52. The molecule has 2 fully saturated rings. The van der Waals surface area contributed by atoms with Crippen LogP contribution in [0.4, 0.5) is 0 Å². The summed E-state index contributed by atoms with van der Waals surface area (Å²) in [6.45, 7) is 4.99. The van der Waals surface area contributed by atoms with Crippen LogP contribution in [-0.2, 0) is 14.8 Å². The highest BCUT2D eigenvalue weighted by Crippen LogP contribution is 2.18. The molecule has 0 bridgehead atoms. The molecule has 0 spiro atoms. The highest BCUT2D eigenvalue weighted by atomic mass is 32.2. The molecule has 0 aromatic rings. The third-order valence-electron chi connectivity index (χ3n) is 4.24. The molecule has 2 saturated heterocycles.